The van der Waals surface area contributed by atoms with E-state index in [9.17, 15) is 22.8 Å². The predicted molar refractivity (Wildman–Crippen MR) is 163 cm³/mol. The highest BCUT2D eigenvalue weighted by atomic mass is 19.4. The van der Waals surface area contributed by atoms with E-state index in [4.69, 9.17) is 9.97 Å². The normalized spacial score (nSPS) is 15.3. The van der Waals surface area contributed by atoms with Crippen LogP contribution in [0.5, 0.6) is 0 Å². The highest BCUT2D eigenvalue weighted by molar-refractivity contribution is 5.90. The molecule has 44 heavy (non-hydrogen) atoms. The first kappa shape index (κ1) is 30.8. The van der Waals surface area contributed by atoms with Crippen LogP contribution in [0, 0.1) is 5.92 Å². The van der Waals surface area contributed by atoms with Crippen LogP contribution in [0.1, 0.15) is 44.7 Å². The van der Waals surface area contributed by atoms with E-state index in [1.54, 1.807) is 35.2 Å². The number of carbonyl (C=O) groups excluding carboxylic acids is 2. The van der Waals surface area contributed by atoms with E-state index in [1.807, 2.05) is 23.6 Å². The number of hydrogen-bond acceptors (Lipinski definition) is 7. The summed E-state index contributed by atoms with van der Waals surface area (Å²) in [5.74, 6) is 0.635. The van der Waals surface area contributed by atoms with E-state index in [2.05, 4.69) is 15.6 Å². The molecule has 1 saturated heterocycles. The van der Waals surface area contributed by atoms with Crippen LogP contribution in [-0.4, -0.2) is 62.4 Å². The smallest absolute Gasteiger partial charge is 0.343 e. The van der Waals surface area contributed by atoms with Gasteiger partial charge in [-0.1, -0.05) is 12.1 Å². The first-order valence-electron chi connectivity index (χ1n) is 14.6. The Bertz CT molecular complexity index is 1620. The average Bonchev–Trinajstić information content (AvgIpc) is 3.41. The standard InChI is InChI=1S/C31H35F3N8O2/c1-4-40(5-2)29(44)22-7-6-16-41(18-22)30-38-27(37-25-14-12-24(13-15-25)36-20(3)43)26-28(39-30)42(19-35-26)17-21-8-10-23(11-9-21)31(32,33)34/h8-15,19,22H,4-7,16-18H2,1-3H3,(H,36,43)(H,37,38,39). The van der Waals surface area contributed by atoms with Crippen molar-refractivity contribution in [2.45, 2.75) is 46.3 Å². The second-order valence-corrected chi connectivity index (χ2v) is 10.8. The molecular weight excluding hydrogens is 573 g/mol. The zero-order chi connectivity index (χ0) is 31.4. The fourth-order valence-electron chi connectivity index (χ4n) is 5.40. The number of benzene rings is 2. The number of halogens is 3. The van der Waals surface area contributed by atoms with Crippen LogP contribution in [0.4, 0.5) is 36.3 Å². The lowest BCUT2D eigenvalue weighted by Gasteiger charge is -2.34. The first-order valence-corrected chi connectivity index (χ1v) is 14.6. The van der Waals surface area contributed by atoms with Crippen LogP contribution in [-0.2, 0) is 22.3 Å². The highest BCUT2D eigenvalue weighted by Crippen LogP contribution is 2.31. The second-order valence-electron chi connectivity index (χ2n) is 10.8. The second kappa shape index (κ2) is 12.9. The summed E-state index contributed by atoms with van der Waals surface area (Å²) in [5.41, 5.74) is 2.29. The molecule has 1 fully saturated rings. The molecule has 0 saturated carbocycles. The molecule has 2 aromatic carbocycles. The van der Waals surface area contributed by atoms with Crippen molar-refractivity contribution in [3.63, 3.8) is 0 Å². The number of amides is 2. The van der Waals surface area contributed by atoms with Crippen LogP contribution in [0.2, 0.25) is 0 Å². The van der Waals surface area contributed by atoms with Gasteiger partial charge in [-0.2, -0.15) is 23.1 Å². The SMILES string of the molecule is CCN(CC)C(=O)C1CCCN(c2nc(Nc3ccc(NC(C)=O)cc3)c3ncn(Cc4ccc(C(F)(F)F)cc4)c3n2)C1. The van der Waals surface area contributed by atoms with Gasteiger partial charge in [0.1, 0.15) is 0 Å². The van der Waals surface area contributed by atoms with Gasteiger partial charge in [0.25, 0.3) is 0 Å². The van der Waals surface area contributed by atoms with Crippen molar-refractivity contribution >= 4 is 46.1 Å². The minimum absolute atomic E-state index is 0.116. The van der Waals surface area contributed by atoms with Crippen molar-refractivity contribution in [1.29, 1.82) is 0 Å². The molecule has 0 spiro atoms. The molecule has 0 radical (unpaired) electrons. The summed E-state index contributed by atoms with van der Waals surface area (Å²) < 4.78 is 41.1. The van der Waals surface area contributed by atoms with Gasteiger partial charge in [0.15, 0.2) is 17.0 Å². The number of fused-ring (bicyclic) bond motifs is 1. The van der Waals surface area contributed by atoms with Crippen LogP contribution < -0.4 is 15.5 Å². The van der Waals surface area contributed by atoms with Crippen molar-refractivity contribution in [2.24, 2.45) is 5.92 Å². The number of alkyl halides is 3. The van der Waals surface area contributed by atoms with Crippen molar-refractivity contribution in [3.8, 4) is 0 Å². The number of carbonyl (C=O) groups is 2. The van der Waals surface area contributed by atoms with Crippen molar-refractivity contribution in [3.05, 3.63) is 66.0 Å². The zero-order valence-corrected chi connectivity index (χ0v) is 24.9. The maximum Gasteiger partial charge on any atom is 0.416 e. The van der Waals surface area contributed by atoms with Gasteiger partial charge in [-0.3, -0.25) is 9.59 Å². The third-order valence-electron chi connectivity index (χ3n) is 7.68. The number of hydrogen-bond donors (Lipinski definition) is 2. The van der Waals surface area contributed by atoms with Crippen LogP contribution in [0.15, 0.2) is 54.9 Å². The van der Waals surface area contributed by atoms with Gasteiger partial charge in [-0.15, -0.1) is 0 Å². The summed E-state index contributed by atoms with van der Waals surface area (Å²) in [6.07, 6.45) is -1.24. The maximum atomic E-state index is 13.2. The van der Waals surface area contributed by atoms with E-state index in [1.165, 1.54) is 19.1 Å². The summed E-state index contributed by atoms with van der Waals surface area (Å²) in [4.78, 5) is 42.7. The lowest BCUT2D eigenvalue weighted by atomic mass is 9.96. The Morgan fingerprint density at radius 1 is 1.00 bits per heavy atom. The van der Waals surface area contributed by atoms with E-state index < -0.39 is 11.7 Å². The largest absolute Gasteiger partial charge is 0.416 e. The van der Waals surface area contributed by atoms with Crippen LogP contribution >= 0.6 is 0 Å². The summed E-state index contributed by atoms with van der Waals surface area (Å²) >= 11 is 0. The topological polar surface area (TPSA) is 108 Å². The number of nitrogens with zero attached hydrogens (tertiary/aromatic N) is 6. The van der Waals surface area contributed by atoms with E-state index in [-0.39, 0.29) is 24.3 Å². The Kier molecular flexibility index (Phi) is 9.02. The molecule has 0 aliphatic carbocycles. The Morgan fingerprint density at radius 3 is 2.32 bits per heavy atom. The number of rotatable bonds is 9. The van der Waals surface area contributed by atoms with Crippen LogP contribution in [0.3, 0.4) is 0 Å². The van der Waals surface area contributed by atoms with Gasteiger partial charge in [-0.25, -0.2) is 4.98 Å². The number of nitrogens with one attached hydrogen (secondary N) is 2. The van der Waals surface area contributed by atoms with Crippen molar-refractivity contribution in [2.75, 3.05) is 41.7 Å². The summed E-state index contributed by atoms with van der Waals surface area (Å²) in [5, 5.41) is 6.05. The maximum absolute atomic E-state index is 13.2. The zero-order valence-electron chi connectivity index (χ0n) is 24.9. The third-order valence-corrected chi connectivity index (χ3v) is 7.68. The molecule has 1 aliphatic heterocycles. The molecule has 5 rings (SSSR count). The van der Waals surface area contributed by atoms with Crippen LogP contribution in [0.25, 0.3) is 11.2 Å². The van der Waals surface area contributed by atoms with Gasteiger partial charge >= 0.3 is 6.18 Å². The number of imidazole rings is 1. The minimum atomic E-state index is -4.41. The van der Waals surface area contributed by atoms with Crippen molar-refractivity contribution < 1.29 is 22.8 Å². The molecule has 10 nitrogen and oxygen atoms in total. The number of piperidine rings is 1. The Hall–Kier alpha value is -4.68. The molecule has 0 bridgehead atoms. The quantitative estimate of drug-likeness (QED) is 0.252. The predicted octanol–water partition coefficient (Wildman–Crippen LogP) is 5.68. The van der Waals surface area contributed by atoms with Gasteiger partial charge in [0.05, 0.1) is 24.4 Å². The molecule has 1 atom stereocenters. The fourth-order valence-corrected chi connectivity index (χ4v) is 5.40. The third kappa shape index (κ3) is 6.92. The van der Waals surface area contributed by atoms with Gasteiger partial charge in [-0.05, 0) is 68.7 Å². The van der Waals surface area contributed by atoms with Gasteiger partial charge < -0.3 is 25.0 Å². The first-order chi connectivity index (χ1) is 21.0. The molecule has 4 aromatic rings. The Balaban J connectivity index is 1.49. The van der Waals surface area contributed by atoms with Gasteiger partial charge in [0, 0.05) is 44.5 Å². The Morgan fingerprint density at radius 2 is 1.68 bits per heavy atom. The highest BCUT2D eigenvalue weighted by Gasteiger charge is 2.31. The molecule has 1 aliphatic rings. The molecule has 3 heterocycles. The average molecular weight is 609 g/mol. The number of anilines is 4. The number of aromatic nitrogens is 4. The minimum Gasteiger partial charge on any atom is -0.343 e. The summed E-state index contributed by atoms with van der Waals surface area (Å²) in [6, 6.07) is 12.2. The lowest BCUT2D eigenvalue weighted by molar-refractivity contribution is -0.137. The van der Waals surface area contributed by atoms with Gasteiger partial charge in [0.2, 0.25) is 17.8 Å². The van der Waals surface area contributed by atoms with E-state index in [0.717, 1.165) is 25.0 Å². The molecular formula is C31H35F3N8O2. The van der Waals surface area contributed by atoms with E-state index >= 15 is 0 Å². The molecule has 2 N–H and O–H groups in total. The lowest BCUT2D eigenvalue weighted by Crippen LogP contribution is -2.45. The molecule has 2 amide bonds. The van der Waals surface area contributed by atoms with Crippen molar-refractivity contribution in [1.82, 2.24) is 24.4 Å². The molecule has 2 aromatic heterocycles. The summed E-state index contributed by atoms with van der Waals surface area (Å²) in [7, 11) is 0. The molecule has 13 heteroatoms. The fraction of sp³-hybridized carbons (Fsp3) is 0.387. The van der Waals surface area contributed by atoms with E-state index in [0.29, 0.717) is 66.0 Å². The summed E-state index contributed by atoms with van der Waals surface area (Å²) in [6.45, 7) is 8.06. The molecule has 1 unspecified atom stereocenters. The monoisotopic (exact) mass is 608 g/mol. The molecule has 232 valence electrons. The Labute approximate surface area is 253 Å².